The lowest BCUT2D eigenvalue weighted by atomic mass is 9.45. The Morgan fingerprint density at radius 3 is 2.53 bits per heavy atom. The van der Waals surface area contributed by atoms with Gasteiger partial charge >= 0.3 is 12.1 Å². The van der Waals surface area contributed by atoms with Gasteiger partial charge in [0.1, 0.15) is 13.2 Å². The van der Waals surface area contributed by atoms with E-state index in [9.17, 15) is 24.3 Å². The summed E-state index contributed by atoms with van der Waals surface area (Å²) in [7, 11) is 0. The second-order valence-electron chi connectivity index (χ2n) is 12.9. The maximum absolute atomic E-state index is 17.1. The molecule has 1 aromatic rings. The standard InChI is InChI=1S/C32H39FN2O10/c1-30-14-27(38)32(33)24(7-6-21-13-22(36)10-11-31(21,32)2)23(30)8-9-25(30)26(37)18-44-29(40)34-15-28(39)43-16-19-4-3-5-20(12-19)17-45-35(41)42/h3-5,10-13,23-25,27,38,41-42H,6-9,14-18H2,1-2H3,(H,34,40)/t23?,24-,25?,27-,30-,31-,32?/m0/s1. The third-order valence-electron chi connectivity index (χ3n) is 10.5. The number of halogens is 1. The van der Waals surface area contributed by atoms with E-state index in [1.54, 1.807) is 37.3 Å². The average molecular weight is 631 g/mol. The van der Waals surface area contributed by atoms with Gasteiger partial charge in [0.05, 0.1) is 18.1 Å². The van der Waals surface area contributed by atoms with E-state index in [1.165, 1.54) is 12.2 Å². The number of carbonyl (C=O) groups is 4. The molecule has 3 saturated carbocycles. The average Bonchev–Trinajstić information content (AvgIpc) is 3.34. The Morgan fingerprint density at radius 1 is 1.07 bits per heavy atom. The van der Waals surface area contributed by atoms with Gasteiger partial charge in [-0.3, -0.25) is 24.8 Å². The summed E-state index contributed by atoms with van der Waals surface area (Å²) in [5, 5.41) is 30.5. The van der Waals surface area contributed by atoms with Crippen LogP contribution in [0.3, 0.4) is 0 Å². The Hall–Kier alpha value is -3.49. The SMILES string of the molecule is C[C@]12C[C@H](O)C3(F)[C@@H](CCC4=CC(=O)C=C[C@@]43C)C1CCC2C(=O)COC(=O)NCC(=O)OCc1cccc(CON(O)O)c1. The lowest BCUT2D eigenvalue weighted by molar-refractivity contribution is -0.497. The fourth-order valence-corrected chi connectivity index (χ4v) is 8.33. The molecule has 12 nitrogen and oxygen atoms in total. The normalized spacial score (nSPS) is 33.5. The topological polar surface area (TPSA) is 172 Å². The number of aliphatic hydroxyl groups excluding tert-OH is 1. The van der Waals surface area contributed by atoms with Crippen molar-refractivity contribution in [3.63, 3.8) is 0 Å². The Morgan fingerprint density at radius 2 is 1.80 bits per heavy atom. The highest BCUT2D eigenvalue weighted by Crippen LogP contribution is 2.68. The number of ketones is 2. The van der Waals surface area contributed by atoms with Gasteiger partial charge in [-0.25, -0.2) is 14.0 Å². The largest absolute Gasteiger partial charge is 0.460 e. The zero-order chi connectivity index (χ0) is 32.6. The second kappa shape index (κ2) is 12.7. The summed E-state index contributed by atoms with van der Waals surface area (Å²) in [6.07, 6.45) is 4.31. The molecule has 45 heavy (non-hydrogen) atoms. The van der Waals surface area contributed by atoms with Crippen LogP contribution >= 0.6 is 0 Å². The first-order chi connectivity index (χ1) is 21.3. The summed E-state index contributed by atoms with van der Waals surface area (Å²) < 4.78 is 27.4. The van der Waals surface area contributed by atoms with Crippen LogP contribution in [0.4, 0.5) is 9.18 Å². The summed E-state index contributed by atoms with van der Waals surface area (Å²) >= 11 is 0. The fraction of sp³-hybridized carbons (Fsp3) is 0.562. The molecule has 1 amide bonds. The van der Waals surface area contributed by atoms with E-state index in [4.69, 9.17) is 19.9 Å². The van der Waals surface area contributed by atoms with Gasteiger partial charge in [0.2, 0.25) is 0 Å². The van der Waals surface area contributed by atoms with Gasteiger partial charge in [-0.1, -0.05) is 42.8 Å². The van der Waals surface area contributed by atoms with E-state index >= 15 is 4.39 Å². The number of ether oxygens (including phenoxy) is 2. The lowest BCUT2D eigenvalue weighted by Gasteiger charge is -2.62. The Balaban J connectivity index is 1.11. The zero-order valence-electron chi connectivity index (χ0n) is 25.2. The number of benzene rings is 1. The molecule has 0 radical (unpaired) electrons. The predicted octanol–water partition coefficient (Wildman–Crippen LogP) is 3.52. The number of nitrogens with one attached hydrogen (secondary N) is 1. The molecular weight excluding hydrogens is 591 g/mol. The van der Waals surface area contributed by atoms with Gasteiger partial charge in [0.15, 0.2) is 23.8 Å². The van der Waals surface area contributed by atoms with Crippen LogP contribution in [0.2, 0.25) is 0 Å². The van der Waals surface area contributed by atoms with Crippen molar-refractivity contribution >= 4 is 23.6 Å². The van der Waals surface area contributed by atoms with Crippen molar-refractivity contribution in [2.45, 2.75) is 70.9 Å². The Labute approximate surface area is 259 Å². The monoisotopic (exact) mass is 630 g/mol. The number of Topliss-reactive ketones (excluding diaryl/α,β-unsaturated/α-hetero) is 1. The van der Waals surface area contributed by atoms with E-state index in [1.807, 2.05) is 6.92 Å². The number of hydrogen-bond acceptors (Lipinski definition) is 11. The number of alkyl carbamates (subject to hydrolysis) is 1. The number of aliphatic hydroxyl groups is 1. The first kappa shape index (κ1) is 32.9. The van der Waals surface area contributed by atoms with Crippen LogP contribution in [-0.4, -0.2) is 69.5 Å². The molecule has 7 atom stereocenters. The van der Waals surface area contributed by atoms with Crippen LogP contribution in [0.15, 0.2) is 48.1 Å². The van der Waals surface area contributed by atoms with Gasteiger partial charge in [-0.2, -0.15) is 0 Å². The highest BCUT2D eigenvalue weighted by Gasteiger charge is 2.70. The van der Waals surface area contributed by atoms with Gasteiger partial charge in [-0.15, -0.1) is 0 Å². The molecule has 13 heteroatoms. The number of allylic oxidation sites excluding steroid dienone is 4. The fourth-order valence-electron chi connectivity index (χ4n) is 8.33. The number of nitrogens with zero attached hydrogens (tertiary/aromatic N) is 1. The molecule has 0 aromatic heterocycles. The first-order valence-electron chi connectivity index (χ1n) is 15.1. The van der Waals surface area contributed by atoms with Crippen molar-refractivity contribution in [1.82, 2.24) is 10.7 Å². The minimum Gasteiger partial charge on any atom is -0.460 e. The van der Waals surface area contributed by atoms with Gasteiger partial charge in [-0.05, 0) is 73.6 Å². The summed E-state index contributed by atoms with van der Waals surface area (Å²) in [5.74, 6) is -2.45. The van der Waals surface area contributed by atoms with Crippen molar-refractivity contribution in [2.75, 3.05) is 13.2 Å². The van der Waals surface area contributed by atoms with Crippen LogP contribution in [0.1, 0.15) is 57.1 Å². The van der Waals surface area contributed by atoms with E-state index in [-0.39, 0.29) is 37.1 Å². The van der Waals surface area contributed by atoms with E-state index in [0.717, 1.165) is 0 Å². The summed E-state index contributed by atoms with van der Waals surface area (Å²) in [5.41, 5.74) is -1.87. The minimum absolute atomic E-state index is 0.0704. The van der Waals surface area contributed by atoms with Crippen molar-refractivity contribution in [2.24, 2.45) is 28.6 Å². The van der Waals surface area contributed by atoms with Crippen LogP contribution in [-0.2, 0) is 41.9 Å². The molecule has 1 aromatic carbocycles. The van der Waals surface area contributed by atoms with E-state index in [0.29, 0.717) is 42.4 Å². The van der Waals surface area contributed by atoms with E-state index < -0.39 is 65.0 Å². The molecule has 0 spiro atoms. The quantitative estimate of drug-likeness (QED) is 0.220. The molecule has 0 saturated heterocycles. The number of alkyl halides is 1. The molecule has 0 bridgehead atoms. The summed E-state index contributed by atoms with van der Waals surface area (Å²) in [6.45, 7) is 2.40. The summed E-state index contributed by atoms with van der Waals surface area (Å²) in [6, 6.07) is 6.66. The highest BCUT2D eigenvalue weighted by molar-refractivity contribution is 6.01. The second-order valence-corrected chi connectivity index (χ2v) is 12.9. The Kier molecular flexibility index (Phi) is 9.30. The van der Waals surface area contributed by atoms with Crippen LogP contribution in [0.25, 0.3) is 0 Å². The maximum Gasteiger partial charge on any atom is 0.408 e. The van der Waals surface area contributed by atoms with Crippen LogP contribution in [0.5, 0.6) is 0 Å². The third-order valence-corrected chi connectivity index (χ3v) is 10.5. The van der Waals surface area contributed by atoms with Crippen molar-refractivity contribution in [3.05, 3.63) is 59.2 Å². The minimum atomic E-state index is -1.97. The van der Waals surface area contributed by atoms with Gasteiger partial charge in [0.25, 0.3) is 0 Å². The smallest absolute Gasteiger partial charge is 0.408 e. The lowest BCUT2D eigenvalue weighted by Crippen LogP contribution is -2.66. The molecule has 4 N–H and O–H groups in total. The Bertz CT molecular complexity index is 1410. The van der Waals surface area contributed by atoms with Crippen molar-refractivity contribution < 1.29 is 53.4 Å². The number of amides is 1. The first-order valence-corrected chi connectivity index (χ1v) is 15.1. The molecule has 0 aliphatic heterocycles. The predicted molar refractivity (Wildman–Crippen MR) is 153 cm³/mol. The van der Waals surface area contributed by atoms with E-state index in [2.05, 4.69) is 10.2 Å². The van der Waals surface area contributed by atoms with Crippen molar-refractivity contribution in [1.29, 1.82) is 0 Å². The number of carbonyl (C=O) groups excluding carboxylic acids is 4. The molecule has 4 aliphatic carbocycles. The van der Waals surface area contributed by atoms with Gasteiger partial charge < -0.3 is 19.9 Å². The van der Waals surface area contributed by atoms with Gasteiger partial charge in [0, 0.05) is 17.3 Å². The number of fused-ring (bicyclic) bond motifs is 5. The highest BCUT2D eigenvalue weighted by atomic mass is 19.1. The number of hydrogen-bond donors (Lipinski definition) is 4. The molecular formula is C32H39FN2O10. The molecule has 4 aliphatic rings. The van der Waals surface area contributed by atoms with Crippen LogP contribution < -0.4 is 5.32 Å². The molecule has 3 unspecified atom stereocenters. The zero-order valence-corrected chi connectivity index (χ0v) is 25.2. The van der Waals surface area contributed by atoms with Crippen LogP contribution in [0, 0.1) is 28.6 Å². The summed E-state index contributed by atoms with van der Waals surface area (Å²) in [4.78, 5) is 54.3. The molecule has 5 rings (SSSR count). The number of rotatable bonds is 10. The molecule has 0 heterocycles. The number of esters is 1. The molecule has 244 valence electrons. The molecule has 3 fully saturated rings. The third kappa shape index (κ3) is 6.19. The maximum atomic E-state index is 17.1. The van der Waals surface area contributed by atoms with Crippen molar-refractivity contribution in [3.8, 4) is 0 Å².